The lowest BCUT2D eigenvalue weighted by atomic mass is 10.0. The van der Waals surface area contributed by atoms with Crippen LogP contribution in [0.4, 0.5) is 0 Å². The second-order valence-corrected chi connectivity index (χ2v) is 7.77. The second-order valence-electron chi connectivity index (χ2n) is 5.08. The van der Waals surface area contributed by atoms with Crippen LogP contribution >= 0.6 is 11.6 Å². The molecule has 0 heterocycles. The third kappa shape index (κ3) is 3.91. The minimum Gasteiger partial charge on any atom is -0.259 e. The Kier molecular flexibility index (Phi) is 4.57. The maximum Gasteiger partial charge on any atom is 0.0408 e. The molecule has 0 aromatic heterocycles. The monoisotopic (exact) mass is 258 g/mol. The van der Waals surface area contributed by atoms with E-state index in [1.165, 1.54) is 0 Å². The Hall–Kier alpha value is -0.340. The number of hydrogen-bond acceptors (Lipinski definition) is 1. The molecule has 1 nitrogen and oxygen atoms in total. The van der Waals surface area contributed by atoms with Crippen LogP contribution in [0.25, 0.3) is 0 Å². The molecule has 0 unspecified atom stereocenters. The van der Waals surface area contributed by atoms with Crippen molar-refractivity contribution in [2.75, 3.05) is 5.75 Å². The summed E-state index contributed by atoms with van der Waals surface area (Å²) in [6.45, 7) is 8.12. The Morgan fingerprint density at radius 1 is 1.38 bits per heavy atom. The molecule has 90 valence electrons. The SMILES string of the molecule is C[C@@H](C[S@](=O)C(C)(C)C)c1cccc(Cl)c1. The van der Waals surface area contributed by atoms with Crippen molar-refractivity contribution in [2.45, 2.75) is 38.4 Å². The molecule has 0 bridgehead atoms. The number of rotatable bonds is 3. The van der Waals surface area contributed by atoms with Crippen LogP contribution < -0.4 is 0 Å². The maximum absolute atomic E-state index is 12.0. The fourth-order valence-electron chi connectivity index (χ4n) is 1.39. The molecule has 0 saturated carbocycles. The molecular formula is C13H19ClOS. The van der Waals surface area contributed by atoms with Gasteiger partial charge < -0.3 is 0 Å². The first-order valence-electron chi connectivity index (χ1n) is 5.44. The summed E-state index contributed by atoms with van der Waals surface area (Å²) in [6, 6.07) is 7.79. The van der Waals surface area contributed by atoms with Crippen LogP contribution in [0.15, 0.2) is 24.3 Å². The topological polar surface area (TPSA) is 17.1 Å². The predicted molar refractivity (Wildman–Crippen MR) is 72.6 cm³/mol. The van der Waals surface area contributed by atoms with E-state index in [0.29, 0.717) is 5.75 Å². The van der Waals surface area contributed by atoms with Crippen LogP contribution in [0.5, 0.6) is 0 Å². The van der Waals surface area contributed by atoms with Gasteiger partial charge in [-0.2, -0.15) is 0 Å². The summed E-state index contributed by atoms with van der Waals surface area (Å²) in [5.41, 5.74) is 1.16. The molecule has 0 amide bonds. The van der Waals surface area contributed by atoms with Crippen molar-refractivity contribution in [2.24, 2.45) is 0 Å². The third-order valence-electron chi connectivity index (χ3n) is 2.50. The Balaban J connectivity index is 2.73. The molecule has 0 fully saturated rings. The summed E-state index contributed by atoms with van der Waals surface area (Å²) < 4.78 is 11.9. The van der Waals surface area contributed by atoms with Gasteiger partial charge in [-0.3, -0.25) is 4.21 Å². The van der Waals surface area contributed by atoms with Gasteiger partial charge in [0.15, 0.2) is 0 Å². The molecule has 1 rings (SSSR count). The highest BCUT2D eigenvalue weighted by Crippen LogP contribution is 2.23. The van der Waals surface area contributed by atoms with E-state index in [2.05, 4.69) is 6.92 Å². The zero-order valence-corrected chi connectivity index (χ0v) is 11.9. The quantitative estimate of drug-likeness (QED) is 0.801. The lowest BCUT2D eigenvalue weighted by molar-refractivity contribution is 0.642. The first-order chi connectivity index (χ1) is 7.30. The van der Waals surface area contributed by atoms with Crippen molar-refractivity contribution in [3.63, 3.8) is 0 Å². The van der Waals surface area contributed by atoms with E-state index in [1.54, 1.807) is 0 Å². The molecule has 0 aliphatic rings. The molecule has 0 spiro atoms. The van der Waals surface area contributed by atoms with Crippen LogP contribution in [0.2, 0.25) is 5.02 Å². The summed E-state index contributed by atoms with van der Waals surface area (Å²) in [5, 5.41) is 0.742. The summed E-state index contributed by atoms with van der Waals surface area (Å²) in [4.78, 5) is 0. The second kappa shape index (κ2) is 5.33. The zero-order chi connectivity index (χ0) is 12.3. The Labute approximate surface area is 106 Å². The fraction of sp³-hybridized carbons (Fsp3) is 0.538. The molecule has 0 N–H and O–H groups in total. The van der Waals surface area contributed by atoms with Gasteiger partial charge in [0, 0.05) is 26.3 Å². The van der Waals surface area contributed by atoms with Crippen molar-refractivity contribution in [1.29, 1.82) is 0 Å². The fourth-order valence-corrected chi connectivity index (χ4v) is 2.73. The highest BCUT2D eigenvalue weighted by Gasteiger charge is 2.21. The average Bonchev–Trinajstić information content (AvgIpc) is 2.16. The molecule has 2 atom stereocenters. The van der Waals surface area contributed by atoms with Gasteiger partial charge in [-0.1, -0.05) is 30.7 Å². The smallest absolute Gasteiger partial charge is 0.0408 e. The molecule has 1 aromatic rings. The van der Waals surface area contributed by atoms with E-state index in [1.807, 2.05) is 45.0 Å². The summed E-state index contributed by atoms with van der Waals surface area (Å²) in [6.07, 6.45) is 0. The molecule has 16 heavy (non-hydrogen) atoms. The molecule has 1 aromatic carbocycles. The van der Waals surface area contributed by atoms with Gasteiger partial charge in [-0.05, 0) is 44.4 Å². The molecule has 0 radical (unpaired) electrons. The lowest BCUT2D eigenvalue weighted by Crippen LogP contribution is -2.26. The van der Waals surface area contributed by atoms with Crippen LogP contribution in [0.3, 0.4) is 0 Å². The standard InChI is InChI=1S/C13H19ClOS/c1-10(9-16(15)13(2,3)4)11-6-5-7-12(14)8-11/h5-8,10H,9H2,1-4H3/t10-,16-/m0/s1. The molecule has 0 saturated heterocycles. The normalized spacial score (nSPS) is 15.8. The van der Waals surface area contributed by atoms with E-state index in [4.69, 9.17) is 11.6 Å². The van der Waals surface area contributed by atoms with Gasteiger partial charge in [0.25, 0.3) is 0 Å². The minimum atomic E-state index is -0.818. The van der Waals surface area contributed by atoms with Crippen molar-refractivity contribution in [3.05, 3.63) is 34.9 Å². The van der Waals surface area contributed by atoms with E-state index in [0.717, 1.165) is 10.6 Å². The number of hydrogen-bond donors (Lipinski definition) is 0. The van der Waals surface area contributed by atoms with Crippen molar-refractivity contribution in [1.82, 2.24) is 0 Å². The van der Waals surface area contributed by atoms with E-state index in [9.17, 15) is 4.21 Å². The largest absolute Gasteiger partial charge is 0.259 e. The van der Waals surface area contributed by atoms with Gasteiger partial charge in [-0.25, -0.2) is 0 Å². The predicted octanol–water partition coefficient (Wildman–Crippen LogP) is 3.99. The van der Waals surface area contributed by atoms with Crippen molar-refractivity contribution >= 4 is 22.4 Å². The van der Waals surface area contributed by atoms with Crippen LogP contribution in [0.1, 0.15) is 39.2 Å². The Morgan fingerprint density at radius 3 is 2.50 bits per heavy atom. The van der Waals surface area contributed by atoms with Crippen molar-refractivity contribution in [3.8, 4) is 0 Å². The van der Waals surface area contributed by atoms with E-state index >= 15 is 0 Å². The van der Waals surface area contributed by atoms with Gasteiger partial charge in [0.05, 0.1) is 0 Å². The Morgan fingerprint density at radius 2 is 2.00 bits per heavy atom. The highest BCUT2D eigenvalue weighted by molar-refractivity contribution is 7.86. The van der Waals surface area contributed by atoms with E-state index < -0.39 is 10.8 Å². The molecule has 3 heteroatoms. The summed E-state index contributed by atoms with van der Waals surface area (Å²) >= 11 is 5.94. The van der Waals surface area contributed by atoms with Gasteiger partial charge in [-0.15, -0.1) is 0 Å². The van der Waals surface area contributed by atoms with Gasteiger partial charge >= 0.3 is 0 Å². The van der Waals surface area contributed by atoms with Crippen LogP contribution in [-0.4, -0.2) is 14.7 Å². The van der Waals surface area contributed by atoms with Crippen molar-refractivity contribution < 1.29 is 4.21 Å². The molecule has 0 aliphatic heterocycles. The Bertz CT molecular complexity index is 382. The lowest BCUT2D eigenvalue weighted by Gasteiger charge is -2.21. The zero-order valence-electron chi connectivity index (χ0n) is 10.3. The van der Waals surface area contributed by atoms with Gasteiger partial charge in [0.1, 0.15) is 0 Å². The molecule has 0 aliphatic carbocycles. The van der Waals surface area contributed by atoms with Crippen LogP contribution in [-0.2, 0) is 10.8 Å². The van der Waals surface area contributed by atoms with Crippen LogP contribution in [0, 0.1) is 0 Å². The number of benzene rings is 1. The maximum atomic E-state index is 12.0. The third-order valence-corrected chi connectivity index (χ3v) is 4.91. The minimum absolute atomic E-state index is 0.146. The number of halogens is 1. The van der Waals surface area contributed by atoms with E-state index in [-0.39, 0.29) is 10.7 Å². The first-order valence-corrected chi connectivity index (χ1v) is 7.14. The average molecular weight is 259 g/mol. The first kappa shape index (κ1) is 13.7. The molecular weight excluding hydrogens is 240 g/mol. The van der Waals surface area contributed by atoms with Gasteiger partial charge in [0.2, 0.25) is 0 Å². The summed E-state index contributed by atoms with van der Waals surface area (Å²) in [7, 11) is -0.818. The highest BCUT2D eigenvalue weighted by atomic mass is 35.5. The summed E-state index contributed by atoms with van der Waals surface area (Å²) in [5.74, 6) is 0.961.